The topological polar surface area (TPSA) is 118 Å². The molecule has 2 aromatic carbocycles. The van der Waals surface area contributed by atoms with Gasteiger partial charge in [0.1, 0.15) is 10.8 Å². The minimum atomic E-state index is -0.826. The van der Waals surface area contributed by atoms with E-state index < -0.39 is 16.8 Å². The maximum atomic E-state index is 12.9. The molecule has 4 aromatic rings. The van der Waals surface area contributed by atoms with E-state index in [1.165, 1.54) is 33.0 Å². The molecule has 0 spiro atoms. The third kappa shape index (κ3) is 3.90. The maximum absolute atomic E-state index is 12.9. The van der Waals surface area contributed by atoms with Gasteiger partial charge in [0.05, 0.1) is 12.1 Å². The monoisotopic (exact) mass is 643 g/mol. The second kappa shape index (κ2) is 10.7. The predicted molar refractivity (Wildman–Crippen MR) is 188 cm³/mol. The van der Waals surface area contributed by atoms with Crippen molar-refractivity contribution in [3.05, 3.63) is 94.3 Å². The molecule has 8 bridgehead atoms. The van der Waals surface area contributed by atoms with Crippen LogP contribution in [0.1, 0.15) is 62.0 Å². The molecule has 8 atom stereocenters. The van der Waals surface area contributed by atoms with E-state index >= 15 is 0 Å². The van der Waals surface area contributed by atoms with E-state index in [9.17, 15) is 14.7 Å². The summed E-state index contributed by atoms with van der Waals surface area (Å²) in [6.45, 7) is 8.36. The molecule has 48 heavy (non-hydrogen) atoms. The molecule has 8 nitrogen and oxygen atoms in total. The highest BCUT2D eigenvalue weighted by Gasteiger charge is 2.61. The van der Waals surface area contributed by atoms with Crippen molar-refractivity contribution in [2.45, 2.75) is 75.3 Å². The van der Waals surface area contributed by atoms with Gasteiger partial charge < -0.3 is 20.8 Å². The number of primary amides is 1. The van der Waals surface area contributed by atoms with Gasteiger partial charge in [-0.25, -0.2) is 0 Å². The molecule has 2 saturated heterocycles. The Labute approximate surface area is 281 Å². The van der Waals surface area contributed by atoms with Crippen LogP contribution in [0.15, 0.2) is 71.8 Å². The Kier molecular flexibility index (Phi) is 6.67. The number of aliphatic carboxylic acids is 1. The third-order valence-corrected chi connectivity index (χ3v) is 12.8. The summed E-state index contributed by atoms with van der Waals surface area (Å²) in [6.07, 6.45) is 10.2. The van der Waals surface area contributed by atoms with Crippen molar-refractivity contribution >= 4 is 33.7 Å². The van der Waals surface area contributed by atoms with Gasteiger partial charge in [-0.1, -0.05) is 73.5 Å². The molecule has 0 saturated carbocycles. The molecule has 2 aliphatic carbocycles. The van der Waals surface area contributed by atoms with Gasteiger partial charge in [0.2, 0.25) is 5.91 Å². The Morgan fingerprint density at radius 3 is 1.71 bits per heavy atom. The Morgan fingerprint density at radius 1 is 0.771 bits per heavy atom. The molecule has 5 N–H and O–H groups in total. The average Bonchev–Trinajstić information content (AvgIpc) is 3.62. The molecule has 6 aliphatic heterocycles. The molecule has 0 radical (unpaired) electrons. The number of hydrogen-bond donors (Lipinski definition) is 4. The van der Waals surface area contributed by atoms with E-state index in [2.05, 4.69) is 76.1 Å². The molecule has 8 heteroatoms. The summed E-state index contributed by atoms with van der Waals surface area (Å²) in [5.41, 5.74) is 14.2. The SMILES string of the molecule is CCC1=CC2CN3CCc4c([nH]c5ccccc45)C(C(=O)O)(C2)C13.CCC1=CC2CN3CCc4c([nH]c5ccccc45)C(C(N)=O)(C2)C13. The van der Waals surface area contributed by atoms with E-state index in [4.69, 9.17) is 5.73 Å². The number of nitrogens with zero attached hydrogens (tertiary/aromatic N) is 2. The number of carboxylic acids is 1. The van der Waals surface area contributed by atoms with Gasteiger partial charge in [-0.2, -0.15) is 0 Å². The van der Waals surface area contributed by atoms with Gasteiger partial charge in [0, 0.05) is 59.4 Å². The molecular formula is C40H45N5O3. The first-order valence-corrected chi connectivity index (χ1v) is 17.9. The molecule has 2 fully saturated rings. The number of H-pyrrole nitrogens is 2. The number of carboxylic acid groups (broad SMARTS) is 1. The van der Waals surface area contributed by atoms with Gasteiger partial charge in [0.25, 0.3) is 0 Å². The number of hydrogen-bond acceptors (Lipinski definition) is 4. The fraction of sp³-hybridized carbons (Fsp3) is 0.450. The van der Waals surface area contributed by atoms with Crippen molar-refractivity contribution < 1.29 is 14.7 Å². The van der Waals surface area contributed by atoms with Crippen LogP contribution >= 0.6 is 0 Å². The van der Waals surface area contributed by atoms with Crippen LogP contribution in [0.5, 0.6) is 0 Å². The van der Waals surface area contributed by atoms with E-state index in [1.54, 1.807) is 0 Å². The summed E-state index contributed by atoms with van der Waals surface area (Å²) >= 11 is 0. The minimum absolute atomic E-state index is 0.000637. The highest BCUT2D eigenvalue weighted by molar-refractivity contribution is 5.94. The number of rotatable bonds is 4. The number of aromatic nitrogens is 2. The van der Waals surface area contributed by atoms with Crippen LogP contribution < -0.4 is 5.73 Å². The predicted octanol–water partition coefficient (Wildman–Crippen LogP) is 5.57. The fourth-order valence-electron chi connectivity index (χ4n) is 11.1. The number of para-hydroxylation sites is 2. The van der Waals surface area contributed by atoms with E-state index in [0.29, 0.717) is 18.3 Å². The second-order valence-electron chi connectivity index (χ2n) is 15.1. The van der Waals surface area contributed by atoms with Crippen molar-refractivity contribution in [1.29, 1.82) is 0 Å². The molecule has 8 aliphatic rings. The first-order chi connectivity index (χ1) is 23.3. The lowest BCUT2D eigenvalue weighted by atomic mass is 9.60. The average molecular weight is 644 g/mol. The number of carbonyl (C=O) groups excluding carboxylic acids is 1. The zero-order chi connectivity index (χ0) is 32.9. The van der Waals surface area contributed by atoms with Gasteiger partial charge in [-0.3, -0.25) is 19.4 Å². The largest absolute Gasteiger partial charge is 0.480 e. The van der Waals surface area contributed by atoms with Crippen molar-refractivity contribution in [3.63, 3.8) is 0 Å². The Morgan fingerprint density at radius 2 is 1.23 bits per heavy atom. The summed E-state index contributed by atoms with van der Waals surface area (Å²) < 4.78 is 0. The molecule has 8 heterocycles. The quantitative estimate of drug-likeness (QED) is 0.217. The fourth-order valence-corrected chi connectivity index (χ4v) is 11.1. The molecule has 1 amide bonds. The zero-order valence-electron chi connectivity index (χ0n) is 27.9. The minimum Gasteiger partial charge on any atom is -0.480 e. The van der Waals surface area contributed by atoms with Gasteiger partial charge in [-0.05, 0) is 73.6 Å². The van der Waals surface area contributed by atoms with Crippen molar-refractivity contribution in [2.24, 2.45) is 17.6 Å². The maximum Gasteiger partial charge on any atom is 0.317 e. The smallest absolute Gasteiger partial charge is 0.317 e. The number of nitrogens with one attached hydrogen (secondary N) is 2. The molecule has 248 valence electrons. The van der Waals surface area contributed by atoms with Crippen LogP contribution in [-0.2, 0) is 33.3 Å². The normalized spacial score (nSPS) is 33.9. The van der Waals surface area contributed by atoms with Crippen LogP contribution in [-0.4, -0.2) is 75.0 Å². The highest BCUT2D eigenvalue weighted by Crippen LogP contribution is 2.54. The first-order valence-electron chi connectivity index (χ1n) is 17.9. The van der Waals surface area contributed by atoms with E-state index in [0.717, 1.165) is 80.7 Å². The second-order valence-corrected chi connectivity index (χ2v) is 15.1. The van der Waals surface area contributed by atoms with E-state index in [-0.39, 0.29) is 18.0 Å². The van der Waals surface area contributed by atoms with Crippen LogP contribution in [0.2, 0.25) is 0 Å². The first kappa shape index (κ1) is 30.0. The van der Waals surface area contributed by atoms with Gasteiger partial charge in [0.15, 0.2) is 0 Å². The summed E-state index contributed by atoms with van der Waals surface area (Å²) in [5, 5.41) is 12.8. The summed E-state index contributed by atoms with van der Waals surface area (Å²) in [5.74, 6) is -0.0693. The highest BCUT2D eigenvalue weighted by atomic mass is 16.4. The van der Waals surface area contributed by atoms with E-state index in [1.807, 2.05) is 18.2 Å². The molecular weight excluding hydrogens is 598 g/mol. The number of aromatic amines is 2. The molecule has 2 aromatic heterocycles. The lowest BCUT2D eigenvalue weighted by Crippen LogP contribution is -2.65. The van der Waals surface area contributed by atoms with Crippen LogP contribution in [0.3, 0.4) is 0 Å². The number of piperidine rings is 2. The summed E-state index contributed by atoms with van der Waals surface area (Å²) in [6, 6.07) is 16.8. The molecule has 12 rings (SSSR count). The number of fused-ring (bicyclic) bond motifs is 6. The number of amides is 1. The number of nitrogens with two attached hydrogens (primary N) is 1. The molecule has 8 unspecified atom stereocenters. The summed E-state index contributed by atoms with van der Waals surface area (Å²) in [4.78, 5) is 37.6. The third-order valence-electron chi connectivity index (χ3n) is 12.8. The van der Waals surface area contributed by atoms with Crippen molar-refractivity contribution in [1.82, 2.24) is 19.8 Å². The Hall–Kier alpha value is -4.14. The zero-order valence-corrected chi connectivity index (χ0v) is 27.9. The lowest BCUT2D eigenvalue weighted by Gasteiger charge is -2.54. The van der Waals surface area contributed by atoms with Crippen LogP contribution in [0.4, 0.5) is 0 Å². The number of carbonyl (C=O) groups is 2. The van der Waals surface area contributed by atoms with Crippen LogP contribution in [0, 0.1) is 11.8 Å². The van der Waals surface area contributed by atoms with Crippen molar-refractivity contribution in [2.75, 3.05) is 26.2 Å². The lowest BCUT2D eigenvalue weighted by molar-refractivity contribution is -0.150. The number of benzene rings is 2. The van der Waals surface area contributed by atoms with Crippen molar-refractivity contribution in [3.8, 4) is 0 Å². The standard InChI is InChI=1S/C20H23N3O.C20H22N2O2/c1-2-13-9-12-10-20(19(21)24)17-15(7-8-23(11-12)18(13)20)14-5-3-4-6-16(14)22-17;1-2-13-9-12-10-20(19(23)24)17-15(7-8-22(11-12)18(13)20)14-5-3-4-6-16(14)21-17/h3-6,9,12,18,22H,2,7-8,10-11H2,1H3,(H2,21,24);3-6,9,12,18,21H,2,7-8,10-11H2,1H3,(H,23,24). The summed E-state index contributed by atoms with van der Waals surface area (Å²) in [7, 11) is 0. The van der Waals surface area contributed by atoms with Gasteiger partial charge >= 0.3 is 5.97 Å². The Balaban J connectivity index is 0.000000131. The van der Waals surface area contributed by atoms with Crippen LogP contribution in [0.25, 0.3) is 21.8 Å². The van der Waals surface area contributed by atoms with Gasteiger partial charge in [-0.15, -0.1) is 0 Å². The Bertz CT molecular complexity index is 1910.